The van der Waals surface area contributed by atoms with Crippen molar-refractivity contribution in [2.45, 2.75) is 26.3 Å². The average molecular weight is 267 g/mol. The number of carbonyl (C=O) groups excluding carboxylic acids is 1. The predicted molar refractivity (Wildman–Crippen MR) is 71.1 cm³/mol. The fraction of sp³-hybridized carbons (Fsp3) is 0.417. The molecular formula is C12H17N3O4. The lowest BCUT2D eigenvalue weighted by molar-refractivity contribution is -0.384. The van der Waals surface area contributed by atoms with Crippen molar-refractivity contribution in [3.63, 3.8) is 0 Å². The molecule has 1 aromatic carbocycles. The van der Waals surface area contributed by atoms with Crippen LogP contribution in [0.1, 0.15) is 20.8 Å². The molecule has 1 rings (SSSR count). The third kappa shape index (κ3) is 3.65. The maximum atomic E-state index is 12.0. The van der Waals surface area contributed by atoms with Crippen LogP contribution in [-0.4, -0.2) is 28.0 Å². The molecule has 7 heteroatoms. The minimum absolute atomic E-state index is 0.140. The third-order valence-electron chi connectivity index (χ3n) is 2.63. The lowest BCUT2D eigenvalue weighted by Gasteiger charge is -2.24. The van der Waals surface area contributed by atoms with Crippen molar-refractivity contribution in [3.8, 4) is 5.75 Å². The zero-order valence-corrected chi connectivity index (χ0v) is 11.1. The van der Waals surface area contributed by atoms with Gasteiger partial charge in [-0.1, -0.05) is 6.92 Å². The highest BCUT2D eigenvalue weighted by molar-refractivity contribution is 5.98. The van der Waals surface area contributed by atoms with Crippen LogP contribution in [0.4, 0.5) is 11.4 Å². The first kappa shape index (κ1) is 14.9. The number of amides is 1. The Morgan fingerprint density at radius 3 is 2.58 bits per heavy atom. The summed E-state index contributed by atoms with van der Waals surface area (Å²) in [5.41, 5.74) is -0.897. The van der Waals surface area contributed by atoms with E-state index in [9.17, 15) is 20.0 Å². The Bertz CT molecular complexity index is 500. The van der Waals surface area contributed by atoms with Crippen LogP contribution in [0.25, 0.3) is 0 Å². The summed E-state index contributed by atoms with van der Waals surface area (Å²) >= 11 is 0. The first-order chi connectivity index (χ1) is 8.77. The van der Waals surface area contributed by atoms with Crippen molar-refractivity contribution in [2.24, 2.45) is 0 Å². The number of nitro groups is 1. The number of benzene rings is 1. The highest BCUT2D eigenvalue weighted by atomic mass is 16.6. The van der Waals surface area contributed by atoms with Gasteiger partial charge in [0.05, 0.1) is 22.2 Å². The Balaban J connectivity index is 2.89. The normalized spacial score (nSPS) is 11.1. The Hall–Kier alpha value is -2.15. The van der Waals surface area contributed by atoms with Gasteiger partial charge in [-0.2, -0.15) is 0 Å². The van der Waals surface area contributed by atoms with Gasteiger partial charge in [-0.05, 0) is 26.5 Å². The number of anilines is 1. The zero-order chi connectivity index (χ0) is 14.6. The number of likely N-dealkylation sites (N-methyl/N-ethyl adjacent to an activating group) is 1. The zero-order valence-electron chi connectivity index (χ0n) is 11.1. The molecule has 1 aromatic rings. The van der Waals surface area contributed by atoms with Gasteiger partial charge in [0.1, 0.15) is 5.75 Å². The number of hydrogen-bond donors (Lipinski definition) is 3. The molecule has 19 heavy (non-hydrogen) atoms. The quantitative estimate of drug-likeness (QED) is 0.427. The number of nitro benzene ring substituents is 1. The number of rotatable bonds is 5. The summed E-state index contributed by atoms with van der Waals surface area (Å²) in [4.78, 5) is 21.9. The molecule has 0 saturated carbocycles. The highest BCUT2D eigenvalue weighted by Crippen LogP contribution is 2.28. The highest BCUT2D eigenvalue weighted by Gasteiger charge is 2.27. The van der Waals surface area contributed by atoms with E-state index in [-0.39, 0.29) is 23.0 Å². The van der Waals surface area contributed by atoms with Gasteiger partial charge in [0.25, 0.3) is 5.69 Å². The van der Waals surface area contributed by atoms with Crippen molar-refractivity contribution in [1.82, 2.24) is 5.32 Å². The van der Waals surface area contributed by atoms with E-state index in [1.165, 1.54) is 12.1 Å². The number of nitrogens with zero attached hydrogens (tertiary/aromatic N) is 1. The number of nitrogens with one attached hydrogen (secondary N) is 2. The second-order valence-electron chi connectivity index (χ2n) is 4.57. The van der Waals surface area contributed by atoms with Gasteiger partial charge >= 0.3 is 0 Å². The number of non-ortho nitro benzene ring substituents is 1. The molecule has 0 aliphatic heterocycles. The molecule has 3 N–H and O–H groups in total. The summed E-state index contributed by atoms with van der Waals surface area (Å²) < 4.78 is 0. The first-order valence-corrected chi connectivity index (χ1v) is 5.82. The third-order valence-corrected chi connectivity index (χ3v) is 2.63. The van der Waals surface area contributed by atoms with E-state index >= 15 is 0 Å². The lowest BCUT2D eigenvalue weighted by Crippen LogP contribution is -2.49. The summed E-state index contributed by atoms with van der Waals surface area (Å²) in [5.74, 6) is -0.673. The molecular weight excluding hydrogens is 250 g/mol. The maximum absolute atomic E-state index is 12.0. The van der Waals surface area contributed by atoms with Gasteiger partial charge in [-0.15, -0.1) is 0 Å². The van der Waals surface area contributed by atoms with Crippen LogP contribution >= 0.6 is 0 Å². The largest absolute Gasteiger partial charge is 0.506 e. The fourth-order valence-electron chi connectivity index (χ4n) is 1.54. The van der Waals surface area contributed by atoms with Crippen LogP contribution in [0.2, 0.25) is 0 Å². The molecule has 0 aliphatic carbocycles. The molecule has 104 valence electrons. The van der Waals surface area contributed by atoms with E-state index in [4.69, 9.17) is 0 Å². The Labute approximate surface area is 110 Å². The van der Waals surface area contributed by atoms with Crippen molar-refractivity contribution >= 4 is 17.3 Å². The molecule has 1 amide bonds. The van der Waals surface area contributed by atoms with Gasteiger partial charge in [0, 0.05) is 6.07 Å². The van der Waals surface area contributed by atoms with Crippen molar-refractivity contribution in [2.75, 3.05) is 11.9 Å². The van der Waals surface area contributed by atoms with Crippen LogP contribution in [-0.2, 0) is 4.79 Å². The molecule has 0 aromatic heterocycles. The van der Waals surface area contributed by atoms with E-state index in [0.29, 0.717) is 6.54 Å². The molecule has 0 bridgehead atoms. The van der Waals surface area contributed by atoms with Gasteiger partial charge in [-0.25, -0.2) is 0 Å². The van der Waals surface area contributed by atoms with E-state index in [2.05, 4.69) is 10.6 Å². The summed E-state index contributed by atoms with van der Waals surface area (Å²) in [6, 6.07) is 3.51. The smallest absolute Gasteiger partial charge is 0.273 e. The minimum atomic E-state index is -0.803. The second kappa shape index (κ2) is 5.66. The Kier molecular flexibility index (Phi) is 4.44. The molecule has 0 saturated heterocycles. The number of carbonyl (C=O) groups is 1. The monoisotopic (exact) mass is 267 g/mol. The maximum Gasteiger partial charge on any atom is 0.273 e. The molecule has 0 heterocycles. The molecule has 0 fully saturated rings. The molecule has 0 unspecified atom stereocenters. The average Bonchev–Trinajstić information content (AvgIpc) is 2.31. The number of phenolic OH excluding ortho intramolecular Hbond substituents is 1. The Morgan fingerprint density at radius 2 is 2.11 bits per heavy atom. The van der Waals surface area contributed by atoms with Crippen LogP contribution in [0.5, 0.6) is 5.75 Å². The second-order valence-corrected chi connectivity index (χ2v) is 4.57. The van der Waals surface area contributed by atoms with Gasteiger partial charge in [-0.3, -0.25) is 14.9 Å². The fourth-order valence-corrected chi connectivity index (χ4v) is 1.54. The van der Waals surface area contributed by atoms with Crippen molar-refractivity contribution < 1.29 is 14.8 Å². The van der Waals surface area contributed by atoms with Crippen LogP contribution in [0, 0.1) is 10.1 Å². The molecule has 0 spiro atoms. The van der Waals surface area contributed by atoms with E-state index in [1.807, 2.05) is 6.92 Å². The van der Waals surface area contributed by atoms with Crippen molar-refractivity contribution in [1.29, 1.82) is 0 Å². The number of hydrogen-bond acceptors (Lipinski definition) is 5. The first-order valence-electron chi connectivity index (χ1n) is 5.82. The summed E-state index contributed by atoms with van der Waals surface area (Å²) in [5, 5.41) is 25.7. The summed E-state index contributed by atoms with van der Waals surface area (Å²) in [6.45, 7) is 5.90. The van der Waals surface area contributed by atoms with E-state index < -0.39 is 10.5 Å². The Morgan fingerprint density at radius 1 is 1.47 bits per heavy atom. The standard InChI is InChI=1S/C12H17N3O4/c1-4-13-12(2,3)11(17)14-9-6-5-8(15(18)19)7-10(9)16/h5-7,13,16H,4H2,1-3H3,(H,14,17). The topological polar surface area (TPSA) is 104 Å². The molecule has 0 radical (unpaired) electrons. The SMILES string of the molecule is CCNC(C)(C)C(=O)Nc1ccc([N+](=O)[O-])cc1O. The summed E-state index contributed by atoms with van der Waals surface area (Å²) in [7, 11) is 0. The van der Waals surface area contributed by atoms with Crippen LogP contribution in [0.3, 0.4) is 0 Å². The van der Waals surface area contributed by atoms with E-state index in [1.54, 1.807) is 13.8 Å². The van der Waals surface area contributed by atoms with Gasteiger partial charge in [0.15, 0.2) is 0 Å². The van der Waals surface area contributed by atoms with E-state index in [0.717, 1.165) is 6.07 Å². The van der Waals surface area contributed by atoms with Gasteiger partial charge in [0.2, 0.25) is 5.91 Å². The summed E-state index contributed by atoms with van der Waals surface area (Å²) in [6.07, 6.45) is 0. The van der Waals surface area contributed by atoms with Crippen LogP contribution in [0.15, 0.2) is 18.2 Å². The number of phenols is 1. The van der Waals surface area contributed by atoms with Gasteiger partial charge < -0.3 is 15.7 Å². The lowest BCUT2D eigenvalue weighted by atomic mass is 10.0. The molecule has 0 atom stereocenters. The predicted octanol–water partition coefficient (Wildman–Crippen LogP) is 1.63. The molecule has 0 aliphatic rings. The number of aromatic hydroxyl groups is 1. The van der Waals surface area contributed by atoms with Crippen molar-refractivity contribution in [3.05, 3.63) is 28.3 Å². The molecule has 7 nitrogen and oxygen atoms in total. The minimum Gasteiger partial charge on any atom is -0.506 e. The van der Waals surface area contributed by atoms with Crippen LogP contribution < -0.4 is 10.6 Å².